The number of ether oxygens (including phenoxy) is 1. The van der Waals surface area contributed by atoms with Gasteiger partial charge in [0.1, 0.15) is 11.3 Å². The summed E-state index contributed by atoms with van der Waals surface area (Å²) in [6.07, 6.45) is 3.36. The van der Waals surface area contributed by atoms with Crippen molar-refractivity contribution in [1.82, 2.24) is 9.78 Å². The molecule has 124 valence electrons. The van der Waals surface area contributed by atoms with Crippen molar-refractivity contribution in [2.24, 2.45) is 4.99 Å². The van der Waals surface area contributed by atoms with Crippen molar-refractivity contribution in [3.63, 3.8) is 0 Å². The molecule has 0 amide bonds. The van der Waals surface area contributed by atoms with E-state index in [2.05, 4.69) is 16.7 Å². The Labute approximate surface area is 142 Å². The minimum atomic E-state index is -0.439. The van der Waals surface area contributed by atoms with Gasteiger partial charge in [-0.15, -0.1) is 0 Å². The molecule has 5 heteroatoms. The lowest BCUT2D eigenvalue weighted by molar-refractivity contribution is 0.0599. The van der Waals surface area contributed by atoms with Gasteiger partial charge in [0.2, 0.25) is 0 Å². The van der Waals surface area contributed by atoms with Gasteiger partial charge in [-0.05, 0) is 38.5 Å². The average molecular weight is 323 g/mol. The topological polar surface area (TPSA) is 56.5 Å². The molecular formula is C19H21N3O2. The maximum atomic E-state index is 12.3. The zero-order chi connectivity index (χ0) is 17.7. The Morgan fingerprint density at radius 2 is 2.00 bits per heavy atom. The van der Waals surface area contributed by atoms with Crippen LogP contribution < -0.4 is 0 Å². The molecule has 5 nitrogen and oxygen atoms in total. The molecule has 1 aromatic carbocycles. The number of carbonyl (C=O) groups is 1. The first-order chi connectivity index (χ1) is 11.5. The molecule has 0 aliphatic rings. The van der Waals surface area contributed by atoms with E-state index in [9.17, 15) is 4.79 Å². The highest BCUT2D eigenvalue weighted by Crippen LogP contribution is 2.28. The summed E-state index contributed by atoms with van der Waals surface area (Å²) < 4.78 is 6.68. The summed E-state index contributed by atoms with van der Waals surface area (Å²) >= 11 is 0. The lowest BCUT2D eigenvalue weighted by Gasteiger charge is -2.04. The van der Waals surface area contributed by atoms with Crippen LogP contribution in [0.1, 0.15) is 35.6 Å². The molecule has 0 saturated heterocycles. The summed E-state index contributed by atoms with van der Waals surface area (Å²) in [4.78, 5) is 16.7. The molecule has 0 aliphatic heterocycles. The summed E-state index contributed by atoms with van der Waals surface area (Å²) in [6.45, 7) is 9.33. The van der Waals surface area contributed by atoms with E-state index >= 15 is 0 Å². The summed E-state index contributed by atoms with van der Waals surface area (Å²) in [5.74, 6) is -0.439. The van der Waals surface area contributed by atoms with E-state index < -0.39 is 5.97 Å². The molecule has 0 aliphatic carbocycles. The first-order valence-electron chi connectivity index (χ1n) is 7.60. The Morgan fingerprint density at radius 1 is 1.33 bits per heavy atom. The maximum Gasteiger partial charge on any atom is 0.342 e. The Bertz CT molecular complexity index is 815. The predicted molar refractivity (Wildman–Crippen MR) is 96.6 cm³/mol. The van der Waals surface area contributed by atoms with Crippen molar-refractivity contribution < 1.29 is 9.53 Å². The number of benzene rings is 1. The second-order valence-corrected chi connectivity index (χ2v) is 5.17. The molecule has 2 aromatic rings. The normalized spacial score (nSPS) is 12.2. The fraction of sp³-hybridized carbons (Fsp3) is 0.211. The summed E-state index contributed by atoms with van der Waals surface area (Å²) in [6, 6.07) is 9.63. The molecule has 0 saturated carbocycles. The number of aromatic nitrogens is 2. The fourth-order valence-corrected chi connectivity index (χ4v) is 2.41. The van der Waals surface area contributed by atoms with E-state index in [0.717, 1.165) is 11.3 Å². The third kappa shape index (κ3) is 3.20. The summed E-state index contributed by atoms with van der Waals surface area (Å²) in [7, 11) is 1.36. The van der Waals surface area contributed by atoms with Crippen molar-refractivity contribution in [3.8, 4) is 5.69 Å². The van der Waals surface area contributed by atoms with Crippen LogP contribution >= 0.6 is 0 Å². The predicted octanol–water partition coefficient (Wildman–Crippen LogP) is 3.98. The van der Waals surface area contributed by atoms with Crippen molar-refractivity contribution in [3.05, 3.63) is 65.5 Å². The minimum Gasteiger partial charge on any atom is -0.465 e. The molecule has 1 aromatic heterocycles. The largest absolute Gasteiger partial charge is 0.465 e. The van der Waals surface area contributed by atoms with Crippen LogP contribution in [0.15, 0.2) is 53.6 Å². The van der Waals surface area contributed by atoms with Gasteiger partial charge in [-0.2, -0.15) is 5.10 Å². The number of allylic oxidation sites excluding steroid dienone is 2. The van der Waals surface area contributed by atoms with E-state index in [-0.39, 0.29) is 0 Å². The lowest BCUT2D eigenvalue weighted by atomic mass is 10.1. The van der Waals surface area contributed by atoms with Gasteiger partial charge in [-0.25, -0.2) is 9.48 Å². The number of hydrogen-bond acceptors (Lipinski definition) is 4. The van der Waals surface area contributed by atoms with Crippen LogP contribution in [0.3, 0.4) is 0 Å². The lowest BCUT2D eigenvalue weighted by Crippen LogP contribution is -2.06. The molecule has 0 fully saturated rings. The van der Waals surface area contributed by atoms with Crippen molar-refractivity contribution >= 4 is 17.9 Å². The van der Waals surface area contributed by atoms with Crippen LogP contribution in [-0.4, -0.2) is 29.1 Å². The Kier molecular flexibility index (Phi) is 5.47. The number of para-hydroxylation sites is 1. The minimum absolute atomic E-state index is 0.406. The van der Waals surface area contributed by atoms with Crippen LogP contribution in [0, 0.1) is 6.92 Å². The molecule has 1 heterocycles. The third-order valence-electron chi connectivity index (χ3n) is 3.67. The molecular weight excluding hydrogens is 302 g/mol. The molecule has 0 spiro atoms. The van der Waals surface area contributed by atoms with E-state index in [1.165, 1.54) is 7.11 Å². The quantitative estimate of drug-likeness (QED) is 0.475. The van der Waals surface area contributed by atoms with Crippen LogP contribution in [-0.2, 0) is 4.74 Å². The smallest absolute Gasteiger partial charge is 0.342 e. The SMILES string of the molecule is C=C/C(C)=C(\N=CC)c1nn(-c2ccccc2)c(C)c1C(=O)OC. The van der Waals surface area contributed by atoms with E-state index in [0.29, 0.717) is 22.6 Å². The maximum absolute atomic E-state index is 12.3. The van der Waals surface area contributed by atoms with Crippen LogP contribution in [0.5, 0.6) is 0 Å². The van der Waals surface area contributed by atoms with E-state index in [1.54, 1.807) is 17.0 Å². The molecule has 0 unspecified atom stereocenters. The molecule has 0 bridgehead atoms. The standard InChI is InChI=1S/C19H21N3O2/c1-6-13(3)17(20-7-2)18-16(19(23)24-5)14(4)22(21-18)15-11-9-8-10-12-15/h6-12H,1H2,2-5H3/b17-13-,20-7?. The van der Waals surface area contributed by atoms with Gasteiger partial charge >= 0.3 is 5.97 Å². The van der Waals surface area contributed by atoms with Gasteiger partial charge in [0.05, 0.1) is 24.2 Å². The summed E-state index contributed by atoms with van der Waals surface area (Å²) in [5, 5.41) is 4.63. The van der Waals surface area contributed by atoms with Crippen molar-refractivity contribution in [2.75, 3.05) is 7.11 Å². The van der Waals surface area contributed by atoms with E-state index in [1.807, 2.05) is 51.1 Å². The highest BCUT2D eigenvalue weighted by atomic mass is 16.5. The Morgan fingerprint density at radius 3 is 2.54 bits per heavy atom. The zero-order valence-electron chi connectivity index (χ0n) is 14.4. The highest BCUT2D eigenvalue weighted by Gasteiger charge is 2.25. The Balaban J connectivity index is 2.80. The first kappa shape index (κ1) is 17.4. The number of methoxy groups -OCH3 is 1. The zero-order valence-corrected chi connectivity index (χ0v) is 14.4. The van der Waals surface area contributed by atoms with Crippen molar-refractivity contribution in [2.45, 2.75) is 20.8 Å². The molecule has 24 heavy (non-hydrogen) atoms. The van der Waals surface area contributed by atoms with Gasteiger partial charge in [0, 0.05) is 6.21 Å². The van der Waals surface area contributed by atoms with Crippen LogP contribution in [0.25, 0.3) is 11.4 Å². The van der Waals surface area contributed by atoms with Gasteiger partial charge in [0.15, 0.2) is 0 Å². The van der Waals surface area contributed by atoms with Crippen LogP contribution in [0.2, 0.25) is 0 Å². The Hall–Kier alpha value is -2.95. The molecule has 0 atom stereocenters. The number of rotatable bonds is 5. The summed E-state index contributed by atoms with van der Waals surface area (Å²) in [5.41, 5.74) is 3.88. The second kappa shape index (κ2) is 7.55. The molecule has 0 N–H and O–H groups in total. The first-order valence-corrected chi connectivity index (χ1v) is 7.60. The number of carbonyl (C=O) groups excluding carboxylic acids is 1. The van der Waals surface area contributed by atoms with Gasteiger partial charge in [-0.3, -0.25) is 4.99 Å². The van der Waals surface area contributed by atoms with Crippen molar-refractivity contribution in [1.29, 1.82) is 0 Å². The molecule has 2 rings (SSSR count). The number of esters is 1. The number of nitrogens with zero attached hydrogens (tertiary/aromatic N) is 3. The average Bonchev–Trinajstić information content (AvgIpc) is 2.96. The van der Waals surface area contributed by atoms with Gasteiger partial charge in [0.25, 0.3) is 0 Å². The number of hydrogen-bond donors (Lipinski definition) is 0. The fourth-order valence-electron chi connectivity index (χ4n) is 2.41. The van der Waals surface area contributed by atoms with Gasteiger partial charge in [-0.1, -0.05) is 30.9 Å². The van der Waals surface area contributed by atoms with E-state index in [4.69, 9.17) is 4.74 Å². The molecule has 0 radical (unpaired) electrons. The van der Waals surface area contributed by atoms with Crippen LogP contribution in [0.4, 0.5) is 0 Å². The third-order valence-corrected chi connectivity index (χ3v) is 3.67. The highest BCUT2D eigenvalue weighted by molar-refractivity contribution is 5.97. The van der Waals surface area contributed by atoms with Gasteiger partial charge < -0.3 is 4.74 Å². The number of aliphatic imine (C=N–C) groups is 1. The second-order valence-electron chi connectivity index (χ2n) is 5.17. The monoisotopic (exact) mass is 323 g/mol.